The summed E-state index contributed by atoms with van der Waals surface area (Å²) in [5, 5.41) is 20.0. The van der Waals surface area contributed by atoms with Crippen LogP contribution in [-0.4, -0.2) is 10.7 Å². The van der Waals surface area contributed by atoms with Crippen molar-refractivity contribution in [2.45, 2.75) is 0 Å². The molecule has 112 valence electrons. The molecule has 0 amide bonds. The lowest BCUT2D eigenvalue weighted by atomic mass is 10.0. The number of allylic oxidation sites excluding steroid dienone is 3. The van der Waals surface area contributed by atoms with Gasteiger partial charge in [-0.25, -0.2) is 0 Å². The van der Waals surface area contributed by atoms with E-state index in [1.165, 1.54) is 24.3 Å². The van der Waals surface area contributed by atoms with E-state index in [-0.39, 0.29) is 17.0 Å². The van der Waals surface area contributed by atoms with Gasteiger partial charge >= 0.3 is 0 Å². The van der Waals surface area contributed by atoms with Crippen LogP contribution in [0.2, 0.25) is 0 Å². The van der Waals surface area contributed by atoms with Crippen LogP contribution in [0.5, 0.6) is 0 Å². The number of para-hydroxylation sites is 1. The molecule has 2 aromatic rings. The summed E-state index contributed by atoms with van der Waals surface area (Å²) in [5.41, 5.74) is 0.744. The van der Waals surface area contributed by atoms with Crippen molar-refractivity contribution in [1.82, 2.24) is 0 Å². The molecule has 0 saturated heterocycles. The third-order valence-corrected chi connectivity index (χ3v) is 3.07. The zero-order chi connectivity index (χ0) is 16.7. The summed E-state index contributed by atoms with van der Waals surface area (Å²) in [6, 6.07) is 16.5. The van der Waals surface area contributed by atoms with Gasteiger partial charge in [0.05, 0.1) is 16.1 Å². The van der Waals surface area contributed by atoms with Crippen molar-refractivity contribution in [2.75, 3.05) is 0 Å². The molecular formula is C18H12N2O3. The Morgan fingerprint density at radius 3 is 2.39 bits per heavy atom. The van der Waals surface area contributed by atoms with Crippen molar-refractivity contribution in [2.24, 2.45) is 0 Å². The first-order valence-corrected chi connectivity index (χ1v) is 6.75. The zero-order valence-electron chi connectivity index (χ0n) is 12.0. The standard InChI is InChI=1S/C18H12N2O3/c19-13-16(18(21)15-8-2-1-3-9-15)11-6-10-14-7-4-5-12-17(14)20(22)23/h1-12H/b10-6+,16-11+. The highest BCUT2D eigenvalue weighted by atomic mass is 16.6. The Morgan fingerprint density at radius 2 is 1.74 bits per heavy atom. The molecular weight excluding hydrogens is 292 g/mol. The number of benzene rings is 2. The average Bonchev–Trinajstić information content (AvgIpc) is 2.59. The van der Waals surface area contributed by atoms with E-state index in [4.69, 9.17) is 5.26 Å². The van der Waals surface area contributed by atoms with Gasteiger partial charge in [-0.1, -0.05) is 48.5 Å². The fraction of sp³-hybridized carbons (Fsp3) is 0. The largest absolute Gasteiger partial charge is 0.288 e. The fourth-order valence-corrected chi connectivity index (χ4v) is 1.95. The van der Waals surface area contributed by atoms with E-state index in [0.29, 0.717) is 11.1 Å². The zero-order valence-corrected chi connectivity index (χ0v) is 12.0. The van der Waals surface area contributed by atoms with Gasteiger partial charge in [-0.3, -0.25) is 14.9 Å². The molecule has 0 bridgehead atoms. The number of ketones is 1. The van der Waals surface area contributed by atoms with Gasteiger partial charge in [0.25, 0.3) is 5.69 Å². The molecule has 5 heteroatoms. The Labute approximate surface area is 133 Å². The molecule has 0 unspecified atom stereocenters. The number of hydrogen-bond donors (Lipinski definition) is 0. The Bertz CT molecular complexity index is 831. The van der Waals surface area contributed by atoms with Crippen LogP contribution >= 0.6 is 0 Å². The average molecular weight is 304 g/mol. The first-order valence-electron chi connectivity index (χ1n) is 6.75. The molecule has 0 aliphatic carbocycles. The predicted molar refractivity (Wildman–Crippen MR) is 86.6 cm³/mol. The van der Waals surface area contributed by atoms with Gasteiger partial charge in [0.2, 0.25) is 5.78 Å². The van der Waals surface area contributed by atoms with Gasteiger partial charge in [-0.05, 0) is 18.2 Å². The van der Waals surface area contributed by atoms with Gasteiger partial charge in [0.15, 0.2) is 0 Å². The van der Waals surface area contributed by atoms with Crippen LogP contribution in [0.4, 0.5) is 5.69 Å². The van der Waals surface area contributed by atoms with Crippen LogP contribution in [0.15, 0.2) is 72.3 Å². The highest BCUT2D eigenvalue weighted by Crippen LogP contribution is 2.19. The van der Waals surface area contributed by atoms with Gasteiger partial charge < -0.3 is 0 Å². The number of Topliss-reactive ketones (excluding diaryl/α,β-unsaturated/α-hetero) is 1. The lowest BCUT2D eigenvalue weighted by Gasteiger charge is -1.98. The second-order valence-corrected chi connectivity index (χ2v) is 4.56. The topological polar surface area (TPSA) is 84.0 Å². The van der Waals surface area contributed by atoms with Crippen molar-refractivity contribution in [3.05, 3.63) is 93.6 Å². The number of carbonyl (C=O) groups excluding carboxylic acids is 1. The van der Waals surface area contributed by atoms with Gasteiger partial charge in [0.1, 0.15) is 6.07 Å². The summed E-state index contributed by atoms with van der Waals surface area (Å²) in [4.78, 5) is 22.6. The van der Waals surface area contributed by atoms with Crippen molar-refractivity contribution >= 4 is 17.5 Å². The van der Waals surface area contributed by atoms with Gasteiger partial charge in [-0.2, -0.15) is 5.26 Å². The van der Waals surface area contributed by atoms with Crippen molar-refractivity contribution in [1.29, 1.82) is 5.26 Å². The molecule has 2 aromatic carbocycles. The Balaban J connectivity index is 2.26. The van der Waals surface area contributed by atoms with E-state index in [1.807, 2.05) is 6.07 Å². The van der Waals surface area contributed by atoms with Crippen molar-refractivity contribution in [3.8, 4) is 6.07 Å². The first kappa shape index (κ1) is 15.9. The van der Waals surface area contributed by atoms with Crippen molar-refractivity contribution in [3.63, 3.8) is 0 Å². The summed E-state index contributed by atoms with van der Waals surface area (Å²) in [5.74, 6) is -0.389. The molecule has 0 heterocycles. The smallest absolute Gasteiger partial charge is 0.276 e. The van der Waals surface area contributed by atoms with Crippen LogP contribution in [0.25, 0.3) is 6.08 Å². The molecule has 0 aromatic heterocycles. The SMILES string of the molecule is N#C/C(=C\C=C\c1ccccc1[N+](=O)[O-])C(=O)c1ccccc1. The molecule has 23 heavy (non-hydrogen) atoms. The second-order valence-electron chi connectivity index (χ2n) is 4.56. The maximum atomic E-state index is 12.2. The number of nitro groups is 1. The number of nitro benzene ring substituents is 1. The molecule has 0 fully saturated rings. The minimum absolute atomic E-state index is 0.0361. The molecule has 0 N–H and O–H groups in total. The normalized spacial score (nSPS) is 11.2. The number of carbonyl (C=O) groups is 1. The third-order valence-electron chi connectivity index (χ3n) is 3.07. The van der Waals surface area contributed by atoms with Crippen LogP contribution in [0.1, 0.15) is 15.9 Å². The summed E-state index contributed by atoms with van der Waals surface area (Å²) >= 11 is 0. The first-order chi connectivity index (χ1) is 11.1. The van der Waals surface area contributed by atoms with E-state index in [9.17, 15) is 14.9 Å². The van der Waals surface area contributed by atoms with Gasteiger partial charge in [-0.15, -0.1) is 0 Å². The van der Waals surface area contributed by atoms with E-state index in [0.717, 1.165) is 0 Å². The quantitative estimate of drug-likeness (QED) is 0.209. The summed E-state index contributed by atoms with van der Waals surface area (Å²) in [7, 11) is 0. The van der Waals surface area contributed by atoms with Crippen LogP contribution in [0.3, 0.4) is 0 Å². The van der Waals surface area contributed by atoms with Crippen LogP contribution < -0.4 is 0 Å². The third kappa shape index (κ3) is 3.99. The molecule has 0 spiro atoms. The molecule has 0 radical (unpaired) electrons. The Kier molecular flexibility index (Phi) is 5.16. The molecule has 2 rings (SSSR count). The van der Waals surface area contributed by atoms with E-state index >= 15 is 0 Å². The number of nitrogens with zero attached hydrogens (tertiary/aromatic N) is 2. The van der Waals surface area contributed by atoms with Gasteiger partial charge in [0, 0.05) is 11.6 Å². The van der Waals surface area contributed by atoms with Crippen LogP contribution in [-0.2, 0) is 0 Å². The molecule has 0 aliphatic heterocycles. The lowest BCUT2D eigenvalue weighted by Crippen LogP contribution is -2.01. The van der Waals surface area contributed by atoms with Crippen molar-refractivity contribution < 1.29 is 9.72 Å². The number of rotatable bonds is 5. The fourth-order valence-electron chi connectivity index (χ4n) is 1.95. The minimum atomic E-state index is -0.482. The highest BCUT2D eigenvalue weighted by molar-refractivity contribution is 6.11. The number of nitriles is 1. The number of hydrogen-bond acceptors (Lipinski definition) is 4. The highest BCUT2D eigenvalue weighted by Gasteiger charge is 2.11. The summed E-state index contributed by atoms with van der Waals surface area (Å²) in [6.07, 6.45) is 4.31. The lowest BCUT2D eigenvalue weighted by molar-refractivity contribution is -0.385. The maximum absolute atomic E-state index is 12.2. The van der Waals surface area contributed by atoms with Crippen LogP contribution in [0, 0.1) is 21.4 Å². The maximum Gasteiger partial charge on any atom is 0.276 e. The second kappa shape index (κ2) is 7.48. The summed E-state index contributed by atoms with van der Waals surface area (Å²) < 4.78 is 0. The monoisotopic (exact) mass is 304 g/mol. The summed E-state index contributed by atoms with van der Waals surface area (Å²) in [6.45, 7) is 0. The van der Waals surface area contributed by atoms with E-state index < -0.39 is 4.92 Å². The molecule has 5 nitrogen and oxygen atoms in total. The predicted octanol–water partition coefficient (Wildman–Crippen LogP) is 3.94. The Morgan fingerprint density at radius 1 is 1.09 bits per heavy atom. The molecule has 0 saturated carbocycles. The molecule has 0 atom stereocenters. The van der Waals surface area contributed by atoms with E-state index in [1.54, 1.807) is 48.5 Å². The van der Waals surface area contributed by atoms with E-state index in [2.05, 4.69) is 0 Å². The minimum Gasteiger partial charge on any atom is -0.288 e. The molecule has 0 aliphatic rings. The Hall–Kier alpha value is -3.52.